The maximum atomic E-state index is 12.8. The molecule has 34 heavy (non-hydrogen) atoms. The van der Waals surface area contributed by atoms with E-state index in [1.807, 2.05) is 12.1 Å². The number of rotatable bonds is 10. The highest BCUT2D eigenvalue weighted by Crippen LogP contribution is 2.38. The number of aryl methyl sites for hydroxylation is 1. The topological polar surface area (TPSA) is 91.4 Å². The number of ketones is 1. The Morgan fingerprint density at radius 2 is 1.53 bits per heavy atom. The summed E-state index contributed by atoms with van der Waals surface area (Å²) < 4.78 is 21.3. The molecule has 2 aliphatic rings. The van der Waals surface area contributed by atoms with Crippen LogP contribution in [-0.4, -0.2) is 63.1 Å². The number of benzene rings is 1. The van der Waals surface area contributed by atoms with Crippen LogP contribution in [0.2, 0.25) is 0 Å². The minimum Gasteiger partial charge on any atom is -0.493 e. The second-order valence-electron chi connectivity index (χ2n) is 9.09. The molecule has 1 aromatic carbocycles. The van der Waals surface area contributed by atoms with Crippen LogP contribution in [0, 0.1) is 5.92 Å². The number of methoxy groups -OCH3 is 3. The van der Waals surface area contributed by atoms with E-state index < -0.39 is 23.8 Å². The average molecular weight is 476 g/mol. The van der Waals surface area contributed by atoms with Crippen molar-refractivity contribution in [1.82, 2.24) is 4.90 Å². The van der Waals surface area contributed by atoms with Gasteiger partial charge in [0.25, 0.3) is 0 Å². The summed E-state index contributed by atoms with van der Waals surface area (Å²) >= 11 is 0. The van der Waals surface area contributed by atoms with Gasteiger partial charge in [-0.25, -0.2) is 9.59 Å². The van der Waals surface area contributed by atoms with Crippen LogP contribution >= 0.6 is 0 Å². The molecule has 1 heterocycles. The molecule has 2 fully saturated rings. The van der Waals surface area contributed by atoms with Gasteiger partial charge in [-0.1, -0.05) is 25.7 Å². The molecule has 0 radical (unpaired) electrons. The third kappa shape index (κ3) is 6.50. The molecule has 0 amide bonds. The number of carbonyl (C=O) groups excluding carboxylic acids is 3. The first-order valence-electron chi connectivity index (χ1n) is 12.3. The highest BCUT2D eigenvalue weighted by atomic mass is 16.6. The van der Waals surface area contributed by atoms with Gasteiger partial charge < -0.3 is 18.9 Å². The Bertz CT molecular complexity index is 838. The number of hydrogen-bond donors (Lipinski definition) is 0. The Labute approximate surface area is 201 Å². The number of Topliss-reactive ketones (excluding diaryl/α,β-unsaturated/α-hetero) is 1. The fourth-order valence-electron chi connectivity index (χ4n) is 5.03. The molecule has 1 saturated carbocycles. The molecule has 0 aromatic heterocycles. The quantitative estimate of drug-likeness (QED) is 0.287. The fraction of sp³-hybridized carbons (Fsp3) is 0.654. The van der Waals surface area contributed by atoms with Crippen LogP contribution in [-0.2, 0) is 25.5 Å². The summed E-state index contributed by atoms with van der Waals surface area (Å²) in [5.74, 6) is -0.649. The predicted octanol–water partition coefficient (Wildman–Crippen LogP) is 3.72. The van der Waals surface area contributed by atoms with Gasteiger partial charge in [0.05, 0.1) is 21.3 Å². The normalized spacial score (nSPS) is 19.3. The Hall–Kier alpha value is -2.61. The largest absolute Gasteiger partial charge is 0.493 e. The second kappa shape index (κ2) is 12.7. The van der Waals surface area contributed by atoms with Gasteiger partial charge >= 0.3 is 11.9 Å². The van der Waals surface area contributed by atoms with Gasteiger partial charge in [-0.15, -0.1) is 0 Å². The van der Waals surface area contributed by atoms with E-state index in [2.05, 4.69) is 4.90 Å². The highest BCUT2D eigenvalue weighted by Gasteiger charge is 2.34. The molecular weight excluding hydrogens is 438 g/mol. The van der Waals surface area contributed by atoms with Crippen molar-refractivity contribution < 1.29 is 33.3 Å². The van der Waals surface area contributed by atoms with Gasteiger partial charge in [0.1, 0.15) is 6.04 Å². The van der Waals surface area contributed by atoms with E-state index in [0.717, 1.165) is 57.1 Å². The molecule has 1 aliphatic carbocycles. The number of piperidine rings is 1. The van der Waals surface area contributed by atoms with Crippen molar-refractivity contribution in [2.75, 3.05) is 34.4 Å². The Kier molecular flexibility index (Phi) is 9.74. The van der Waals surface area contributed by atoms with Gasteiger partial charge in [-0.3, -0.25) is 9.69 Å². The number of nitrogens with zero attached hydrogens (tertiary/aromatic N) is 1. The van der Waals surface area contributed by atoms with Crippen LogP contribution in [0.25, 0.3) is 0 Å². The van der Waals surface area contributed by atoms with E-state index in [1.54, 1.807) is 21.3 Å². The first-order valence-corrected chi connectivity index (χ1v) is 12.3. The molecule has 0 spiro atoms. The zero-order chi connectivity index (χ0) is 24.5. The van der Waals surface area contributed by atoms with E-state index in [9.17, 15) is 14.4 Å². The molecule has 8 nitrogen and oxygen atoms in total. The zero-order valence-corrected chi connectivity index (χ0v) is 20.6. The van der Waals surface area contributed by atoms with Crippen molar-refractivity contribution in [1.29, 1.82) is 0 Å². The second-order valence-corrected chi connectivity index (χ2v) is 9.09. The summed E-state index contributed by atoms with van der Waals surface area (Å²) in [7, 11) is 4.75. The number of ether oxygens (including phenoxy) is 4. The van der Waals surface area contributed by atoms with Gasteiger partial charge in [0, 0.05) is 5.92 Å². The molecule has 1 unspecified atom stereocenters. The molecule has 1 aliphatic heterocycles. The maximum absolute atomic E-state index is 12.8. The number of carbonyl (C=O) groups is 3. The smallest absolute Gasteiger partial charge is 0.382 e. The molecular formula is C26H37NO7. The monoisotopic (exact) mass is 475 g/mol. The van der Waals surface area contributed by atoms with Crippen LogP contribution in [0.15, 0.2) is 12.1 Å². The first-order chi connectivity index (χ1) is 16.5. The predicted molar refractivity (Wildman–Crippen MR) is 126 cm³/mol. The summed E-state index contributed by atoms with van der Waals surface area (Å²) in [5, 5.41) is 0. The van der Waals surface area contributed by atoms with Crippen molar-refractivity contribution in [3.8, 4) is 17.2 Å². The zero-order valence-electron chi connectivity index (χ0n) is 20.6. The highest BCUT2D eigenvalue weighted by molar-refractivity contribution is 6.36. The lowest BCUT2D eigenvalue weighted by Crippen LogP contribution is -2.47. The van der Waals surface area contributed by atoms with E-state index >= 15 is 0 Å². The Morgan fingerprint density at radius 3 is 2.15 bits per heavy atom. The van der Waals surface area contributed by atoms with Crippen molar-refractivity contribution in [3.63, 3.8) is 0 Å². The van der Waals surface area contributed by atoms with E-state index in [0.29, 0.717) is 43.1 Å². The molecule has 0 N–H and O–H groups in total. The fourth-order valence-corrected chi connectivity index (χ4v) is 5.03. The molecule has 1 aromatic rings. The third-order valence-corrected chi connectivity index (χ3v) is 6.89. The molecule has 0 bridgehead atoms. The SMILES string of the molecule is COc1cc(CCCN2CCCCC2C(=O)OC(=O)C(=O)C2CCCCC2)cc(OC)c1OC. The van der Waals surface area contributed by atoms with Crippen molar-refractivity contribution in [3.05, 3.63) is 17.7 Å². The first kappa shape index (κ1) is 26.0. The van der Waals surface area contributed by atoms with Crippen molar-refractivity contribution in [2.24, 2.45) is 5.92 Å². The lowest BCUT2D eigenvalue weighted by atomic mass is 9.86. The van der Waals surface area contributed by atoms with Gasteiger partial charge in [0.15, 0.2) is 11.5 Å². The molecule has 1 atom stereocenters. The summed E-state index contributed by atoms with van der Waals surface area (Å²) in [6.07, 6.45) is 8.47. The number of esters is 2. The maximum Gasteiger partial charge on any atom is 0.382 e. The Balaban J connectivity index is 1.56. The molecule has 188 valence electrons. The van der Waals surface area contributed by atoms with Gasteiger partial charge in [-0.2, -0.15) is 0 Å². The Morgan fingerprint density at radius 1 is 0.882 bits per heavy atom. The summed E-state index contributed by atoms with van der Waals surface area (Å²) in [6.45, 7) is 1.45. The van der Waals surface area contributed by atoms with Crippen molar-refractivity contribution >= 4 is 17.7 Å². The van der Waals surface area contributed by atoms with E-state index in [-0.39, 0.29) is 5.92 Å². The van der Waals surface area contributed by atoms with Crippen LogP contribution in [0.4, 0.5) is 0 Å². The minimum absolute atomic E-state index is 0.296. The van der Waals surface area contributed by atoms with Crippen LogP contribution in [0.3, 0.4) is 0 Å². The molecule has 8 heteroatoms. The summed E-state index contributed by atoms with van der Waals surface area (Å²) in [6, 6.07) is 3.37. The third-order valence-electron chi connectivity index (χ3n) is 6.89. The van der Waals surface area contributed by atoms with Crippen molar-refractivity contribution in [2.45, 2.75) is 70.3 Å². The van der Waals surface area contributed by atoms with Gasteiger partial charge in [-0.05, 0) is 69.3 Å². The average Bonchev–Trinajstić information content (AvgIpc) is 2.88. The molecule has 3 rings (SSSR count). The lowest BCUT2D eigenvalue weighted by molar-refractivity contribution is -0.169. The van der Waals surface area contributed by atoms with E-state index in [1.165, 1.54) is 0 Å². The van der Waals surface area contributed by atoms with Crippen LogP contribution in [0.1, 0.15) is 63.4 Å². The molecule has 1 saturated heterocycles. The summed E-state index contributed by atoms with van der Waals surface area (Å²) in [5.41, 5.74) is 1.04. The van der Waals surface area contributed by atoms with Gasteiger partial charge in [0.2, 0.25) is 11.5 Å². The number of likely N-dealkylation sites (tertiary alicyclic amines) is 1. The standard InChI is InChI=1S/C26H37NO7/c1-31-21-16-18(17-22(32-2)24(21)33-3)10-9-15-27-14-8-7-13-20(27)25(29)34-26(30)23(28)19-11-5-4-6-12-19/h16-17,19-20H,4-15H2,1-3H3. The van der Waals surface area contributed by atoms with Crippen LogP contribution < -0.4 is 14.2 Å². The lowest BCUT2D eigenvalue weighted by Gasteiger charge is -2.33. The minimum atomic E-state index is -0.986. The van der Waals surface area contributed by atoms with E-state index in [4.69, 9.17) is 18.9 Å². The number of hydrogen-bond acceptors (Lipinski definition) is 8. The summed E-state index contributed by atoms with van der Waals surface area (Å²) in [4.78, 5) is 39.6. The van der Waals surface area contributed by atoms with Crippen LogP contribution in [0.5, 0.6) is 17.2 Å².